The van der Waals surface area contributed by atoms with Crippen molar-refractivity contribution in [3.05, 3.63) is 0 Å². The predicted molar refractivity (Wildman–Crippen MR) is 62.0 cm³/mol. The molecule has 4 heteroatoms. The van der Waals surface area contributed by atoms with Crippen LogP contribution in [0.4, 0.5) is 0 Å². The summed E-state index contributed by atoms with van der Waals surface area (Å²) in [6.07, 6.45) is 4.95. The molecule has 92 valence electrons. The van der Waals surface area contributed by atoms with Crippen LogP contribution in [-0.2, 0) is 9.53 Å². The van der Waals surface area contributed by atoms with Gasteiger partial charge >= 0.3 is 0 Å². The average Bonchev–Trinajstić information content (AvgIpc) is 2.92. The van der Waals surface area contributed by atoms with E-state index in [0.717, 1.165) is 32.1 Å². The van der Waals surface area contributed by atoms with Crippen molar-refractivity contribution in [2.45, 2.75) is 63.1 Å². The summed E-state index contributed by atoms with van der Waals surface area (Å²) in [6, 6.07) is 0. The topological polar surface area (TPSA) is 64.3 Å². The molecule has 0 bridgehead atoms. The highest BCUT2D eigenvalue weighted by Gasteiger charge is 2.49. The van der Waals surface area contributed by atoms with Gasteiger partial charge in [-0.3, -0.25) is 4.79 Å². The van der Waals surface area contributed by atoms with Crippen molar-refractivity contribution in [1.29, 1.82) is 0 Å². The van der Waals surface area contributed by atoms with Gasteiger partial charge in [0, 0.05) is 0 Å². The number of carbonyl (C=O) groups excluding carboxylic acids is 1. The first-order valence-electron chi connectivity index (χ1n) is 6.19. The van der Waals surface area contributed by atoms with Gasteiger partial charge in [-0.1, -0.05) is 0 Å². The smallest absolute Gasteiger partial charge is 0.240 e. The Bertz CT molecular complexity index is 281. The van der Waals surface area contributed by atoms with E-state index >= 15 is 0 Å². The van der Waals surface area contributed by atoms with Crippen LogP contribution in [0, 0.1) is 0 Å². The van der Waals surface area contributed by atoms with Gasteiger partial charge in [0.1, 0.15) is 0 Å². The molecule has 2 saturated carbocycles. The van der Waals surface area contributed by atoms with Crippen LogP contribution >= 0.6 is 0 Å². The fraction of sp³-hybridized carbons (Fsp3) is 0.917. The number of hydrogen-bond acceptors (Lipinski definition) is 3. The van der Waals surface area contributed by atoms with E-state index in [-0.39, 0.29) is 17.6 Å². The molecule has 3 N–H and O–H groups in total. The molecule has 0 aromatic carbocycles. The maximum atomic E-state index is 12.0. The summed E-state index contributed by atoms with van der Waals surface area (Å²) in [5.74, 6) is 0.0172. The van der Waals surface area contributed by atoms with Gasteiger partial charge in [-0.15, -0.1) is 0 Å². The molecule has 16 heavy (non-hydrogen) atoms. The van der Waals surface area contributed by atoms with Gasteiger partial charge in [-0.05, 0) is 46.0 Å². The third kappa shape index (κ3) is 2.38. The first-order chi connectivity index (χ1) is 7.46. The number of hydrogen-bond donors (Lipinski definition) is 2. The number of amides is 1. The Kier molecular flexibility index (Phi) is 2.97. The summed E-state index contributed by atoms with van der Waals surface area (Å²) in [7, 11) is 0. The van der Waals surface area contributed by atoms with Gasteiger partial charge in [0.05, 0.1) is 23.8 Å². The molecule has 2 aliphatic rings. The Balaban J connectivity index is 1.82. The Labute approximate surface area is 96.9 Å². The molecule has 0 aromatic heterocycles. The summed E-state index contributed by atoms with van der Waals surface area (Å²) in [4.78, 5) is 12.0. The molecule has 0 spiro atoms. The van der Waals surface area contributed by atoms with Crippen LogP contribution < -0.4 is 11.1 Å². The number of carbonyl (C=O) groups is 1. The SMILES string of the molecule is CC(C)OCC1(NC(=O)C2(N)CCC2)CC1. The third-order valence-electron chi connectivity index (χ3n) is 3.62. The van der Waals surface area contributed by atoms with E-state index in [1.165, 1.54) is 0 Å². The minimum absolute atomic E-state index is 0.0172. The van der Waals surface area contributed by atoms with Crippen LogP contribution in [0.2, 0.25) is 0 Å². The minimum Gasteiger partial charge on any atom is -0.376 e. The Morgan fingerprint density at radius 1 is 1.38 bits per heavy atom. The lowest BCUT2D eigenvalue weighted by Gasteiger charge is -2.37. The predicted octanol–water partition coefficient (Wildman–Crippen LogP) is 0.942. The van der Waals surface area contributed by atoms with E-state index in [0.29, 0.717) is 6.61 Å². The molecular weight excluding hydrogens is 204 g/mol. The molecular formula is C12H22N2O2. The summed E-state index contributed by atoms with van der Waals surface area (Å²) in [5, 5.41) is 3.08. The van der Waals surface area contributed by atoms with Crippen LogP contribution in [0.5, 0.6) is 0 Å². The second kappa shape index (κ2) is 4.00. The van der Waals surface area contributed by atoms with Crippen molar-refractivity contribution in [1.82, 2.24) is 5.32 Å². The Hall–Kier alpha value is -0.610. The summed E-state index contributed by atoms with van der Waals surface area (Å²) in [6.45, 7) is 4.63. The quantitative estimate of drug-likeness (QED) is 0.733. The Morgan fingerprint density at radius 2 is 2.00 bits per heavy atom. The van der Waals surface area contributed by atoms with Crippen LogP contribution in [0.3, 0.4) is 0 Å². The summed E-state index contributed by atoms with van der Waals surface area (Å²) < 4.78 is 5.58. The highest BCUT2D eigenvalue weighted by atomic mass is 16.5. The van der Waals surface area contributed by atoms with Crippen LogP contribution in [-0.4, -0.2) is 29.7 Å². The van der Waals surface area contributed by atoms with Crippen molar-refractivity contribution < 1.29 is 9.53 Å². The molecule has 1 amide bonds. The molecule has 4 nitrogen and oxygen atoms in total. The highest BCUT2D eigenvalue weighted by Crippen LogP contribution is 2.38. The lowest BCUT2D eigenvalue weighted by molar-refractivity contribution is -0.131. The maximum absolute atomic E-state index is 12.0. The van der Waals surface area contributed by atoms with Crippen molar-refractivity contribution in [3.63, 3.8) is 0 Å². The fourth-order valence-electron chi connectivity index (χ4n) is 1.93. The molecule has 0 atom stereocenters. The van der Waals surface area contributed by atoms with Gasteiger partial charge in [0.2, 0.25) is 5.91 Å². The number of nitrogens with two attached hydrogens (primary N) is 1. The zero-order valence-electron chi connectivity index (χ0n) is 10.2. The standard InChI is InChI=1S/C12H22N2O2/c1-9(2)16-8-11(6-7-11)14-10(15)12(13)4-3-5-12/h9H,3-8,13H2,1-2H3,(H,14,15). The second-order valence-electron chi connectivity index (χ2n) is 5.60. The number of rotatable bonds is 5. The van der Waals surface area contributed by atoms with Crippen LogP contribution in [0.1, 0.15) is 46.0 Å². The molecule has 0 aromatic rings. The van der Waals surface area contributed by atoms with Crippen molar-refractivity contribution >= 4 is 5.91 Å². The van der Waals surface area contributed by atoms with Gasteiger partial charge in [0.15, 0.2) is 0 Å². The van der Waals surface area contributed by atoms with Gasteiger partial charge in [-0.25, -0.2) is 0 Å². The van der Waals surface area contributed by atoms with E-state index in [4.69, 9.17) is 10.5 Å². The van der Waals surface area contributed by atoms with E-state index in [1.807, 2.05) is 13.8 Å². The van der Waals surface area contributed by atoms with Crippen LogP contribution in [0.15, 0.2) is 0 Å². The molecule has 0 aliphatic heterocycles. The lowest BCUT2D eigenvalue weighted by atomic mass is 9.77. The van der Waals surface area contributed by atoms with Crippen molar-refractivity contribution in [3.8, 4) is 0 Å². The van der Waals surface area contributed by atoms with Crippen molar-refractivity contribution in [2.24, 2.45) is 5.73 Å². The number of nitrogens with one attached hydrogen (secondary N) is 1. The molecule has 2 fully saturated rings. The monoisotopic (exact) mass is 226 g/mol. The molecule has 0 heterocycles. The minimum atomic E-state index is -0.590. The first kappa shape index (κ1) is 11.9. The molecule has 0 radical (unpaired) electrons. The third-order valence-corrected chi connectivity index (χ3v) is 3.62. The molecule has 2 aliphatic carbocycles. The largest absolute Gasteiger partial charge is 0.376 e. The zero-order chi connectivity index (χ0) is 11.8. The van der Waals surface area contributed by atoms with E-state index in [1.54, 1.807) is 0 Å². The first-order valence-corrected chi connectivity index (χ1v) is 6.19. The Morgan fingerprint density at radius 3 is 2.38 bits per heavy atom. The maximum Gasteiger partial charge on any atom is 0.240 e. The van der Waals surface area contributed by atoms with Gasteiger partial charge in [-0.2, -0.15) is 0 Å². The average molecular weight is 226 g/mol. The summed E-state index contributed by atoms with van der Waals surface area (Å²) >= 11 is 0. The zero-order valence-corrected chi connectivity index (χ0v) is 10.2. The van der Waals surface area contributed by atoms with Gasteiger partial charge < -0.3 is 15.8 Å². The highest BCUT2D eigenvalue weighted by molar-refractivity contribution is 5.88. The van der Waals surface area contributed by atoms with Crippen LogP contribution in [0.25, 0.3) is 0 Å². The summed E-state index contributed by atoms with van der Waals surface area (Å²) in [5.41, 5.74) is 5.29. The second-order valence-corrected chi connectivity index (χ2v) is 5.60. The van der Waals surface area contributed by atoms with E-state index < -0.39 is 5.54 Å². The van der Waals surface area contributed by atoms with Gasteiger partial charge in [0.25, 0.3) is 0 Å². The molecule has 0 unspecified atom stereocenters. The lowest BCUT2D eigenvalue weighted by Crippen LogP contribution is -2.61. The van der Waals surface area contributed by atoms with E-state index in [2.05, 4.69) is 5.32 Å². The van der Waals surface area contributed by atoms with Crippen molar-refractivity contribution in [2.75, 3.05) is 6.61 Å². The molecule has 0 saturated heterocycles. The normalized spacial score (nSPS) is 25.0. The van der Waals surface area contributed by atoms with E-state index in [9.17, 15) is 4.79 Å². The molecule has 2 rings (SSSR count). The fourth-order valence-corrected chi connectivity index (χ4v) is 1.93. The number of ether oxygens (including phenoxy) is 1.